The summed E-state index contributed by atoms with van der Waals surface area (Å²) in [6, 6.07) is 4.81. The number of hydrogen-bond donors (Lipinski definition) is 1. The minimum Gasteiger partial charge on any atom is -0.320 e. The van der Waals surface area contributed by atoms with E-state index in [1.807, 2.05) is 6.07 Å². The lowest BCUT2D eigenvalue weighted by Gasteiger charge is -2.21. The molecular weight excluding hydrogens is 265 g/mol. The number of nitrogens with two attached hydrogens (primary N) is 1. The molecule has 0 saturated carbocycles. The number of likely N-dealkylation sites (N-methyl/N-ethyl adjacent to an activating group) is 1. The highest BCUT2D eigenvalue weighted by Gasteiger charge is 2.12. The predicted molar refractivity (Wildman–Crippen MR) is 84.3 cm³/mol. The van der Waals surface area contributed by atoms with Crippen LogP contribution in [-0.2, 0) is 6.54 Å². The number of likely N-dealkylation sites (tertiary alicyclic amines) is 1. The summed E-state index contributed by atoms with van der Waals surface area (Å²) in [5.74, 6) is 5.52. The van der Waals surface area contributed by atoms with E-state index >= 15 is 0 Å². The Bertz CT molecular complexity index is 513. The third kappa shape index (κ3) is 5.13. The van der Waals surface area contributed by atoms with Crippen LogP contribution in [0.3, 0.4) is 0 Å². The molecule has 0 radical (unpaired) electrons. The third-order valence-corrected chi connectivity index (χ3v) is 3.83. The standard InChI is InChI=1S/C17H24FN3/c1-20(11-12-21-9-2-3-10-21)14-16-6-7-17(18)13-15(16)5-4-8-19/h6-7,13H,2-3,8-12,14,19H2,1H3. The lowest BCUT2D eigenvalue weighted by molar-refractivity contribution is 0.252. The summed E-state index contributed by atoms with van der Waals surface area (Å²) in [6.07, 6.45) is 2.64. The number of rotatable bonds is 5. The van der Waals surface area contributed by atoms with Crippen molar-refractivity contribution in [2.45, 2.75) is 19.4 Å². The summed E-state index contributed by atoms with van der Waals surface area (Å²) >= 11 is 0. The number of halogens is 1. The fraction of sp³-hybridized carbons (Fsp3) is 0.529. The first-order chi connectivity index (χ1) is 10.2. The van der Waals surface area contributed by atoms with E-state index in [2.05, 4.69) is 28.7 Å². The van der Waals surface area contributed by atoms with E-state index in [0.717, 1.165) is 30.8 Å². The van der Waals surface area contributed by atoms with Crippen molar-refractivity contribution in [3.63, 3.8) is 0 Å². The van der Waals surface area contributed by atoms with Gasteiger partial charge in [-0.2, -0.15) is 0 Å². The maximum atomic E-state index is 13.3. The summed E-state index contributed by atoms with van der Waals surface area (Å²) in [7, 11) is 2.10. The average molecular weight is 289 g/mol. The third-order valence-electron chi connectivity index (χ3n) is 3.83. The quantitative estimate of drug-likeness (QED) is 0.837. The van der Waals surface area contributed by atoms with Crippen molar-refractivity contribution >= 4 is 0 Å². The average Bonchev–Trinajstić information content (AvgIpc) is 2.98. The Morgan fingerprint density at radius 2 is 2.10 bits per heavy atom. The molecule has 2 rings (SSSR count). The van der Waals surface area contributed by atoms with E-state index < -0.39 is 0 Å². The smallest absolute Gasteiger partial charge is 0.124 e. The van der Waals surface area contributed by atoms with Crippen molar-refractivity contribution in [2.75, 3.05) is 39.8 Å². The fourth-order valence-electron chi connectivity index (χ4n) is 2.64. The summed E-state index contributed by atoms with van der Waals surface area (Å²) in [5, 5.41) is 0. The van der Waals surface area contributed by atoms with E-state index in [-0.39, 0.29) is 5.82 Å². The minimum absolute atomic E-state index is 0.250. The van der Waals surface area contributed by atoms with Gasteiger partial charge in [0.1, 0.15) is 5.82 Å². The molecule has 4 heteroatoms. The maximum Gasteiger partial charge on any atom is 0.124 e. The van der Waals surface area contributed by atoms with Crippen LogP contribution in [0.1, 0.15) is 24.0 Å². The molecule has 1 aliphatic heterocycles. The van der Waals surface area contributed by atoms with Crippen molar-refractivity contribution < 1.29 is 4.39 Å². The van der Waals surface area contributed by atoms with Crippen molar-refractivity contribution in [3.8, 4) is 11.8 Å². The van der Waals surface area contributed by atoms with Crippen LogP contribution in [0.4, 0.5) is 4.39 Å². The van der Waals surface area contributed by atoms with Gasteiger partial charge in [0.15, 0.2) is 0 Å². The molecule has 0 aliphatic carbocycles. The van der Waals surface area contributed by atoms with Crippen LogP contribution in [0, 0.1) is 17.7 Å². The lowest BCUT2D eigenvalue weighted by Crippen LogP contribution is -2.31. The molecule has 21 heavy (non-hydrogen) atoms. The van der Waals surface area contributed by atoms with Gasteiger partial charge < -0.3 is 15.5 Å². The van der Waals surface area contributed by atoms with Gasteiger partial charge in [-0.15, -0.1) is 0 Å². The van der Waals surface area contributed by atoms with Crippen molar-refractivity contribution in [3.05, 3.63) is 35.1 Å². The highest BCUT2D eigenvalue weighted by atomic mass is 19.1. The fourth-order valence-corrected chi connectivity index (χ4v) is 2.64. The Kier molecular flexibility index (Phi) is 6.19. The first-order valence-corrected chi connectivity index (χ1v) is 7.57. The largest absolute Gasteiger partial charge is 0.320 e. The number of nitrogens with zero attached hydrogens (tertiary/aromatic N) is 2. The van der Waals surface area contributed by atoms with Gasteiger partial charge in [-0.05, 0) is 50.7 Å². The second-order valence-electron chi connectivity index (χ2n) is 5.59. The van der Waals surface area contributed by atoms with Gasteiger partial charge in [-0.25, -0.2) is 4.39 Å². The van der Waals surface area contributed by atoms with Crippen LogP contribution in [0.15, 0.2) is 18.2 Å². The molecule has 0 amide bonds. The molecule has 114 valence electrons. The van der Waals surface area contributed by atoms with Crippen LogP contribution in [0.5, 0.6) is 0 Å². The number of hydrogen-bond acceptors (Lipinski definition) is 3. The molecule has 1 saturated heterocycles. The summed E-state index contributed by atoms with van der Waals surface area (Å²) < 4.78 is 13.3. The van der Waals surface area contributed by atoms with Crippen LogP contribution in [0.2, 0.25) is 0 Å². The predicted octanol–water partition coefficient (Wildman–Crippen LogP) is 1.66. The van der Waals surface area contributed by atoms with Crippen LogP contribution < -0.4 is 5.73 Å². The molecule has 0 aromatic heterocycles. The monoisotopic (exact) mass is 289 g/mol. The topological polar surface area (TPSA) is 32.5 Å². The molecular formula is C17H24FN3. The molecule has 0 unspecified atom stereocenters. The van der Waals surface area contributed by atoms with Gasteiger partial charge in [0, 0.05) is 25.2 Å². The van der Waals surface area contributed by atoms with Crippen molar-refractivity contribution in [1.82, 2.24) is 9.80 Å². The van der Waals surface area contributed by atoms with Gasteiger partial charge in [-0.1, -0.05) is 17.9 Å². The van der Waals surface area contributed by atoms with Gasteiger partial charge in [0.05, 0.1) is 6.54 Å². The van der Waals surface area contributed by atoms with Gasteiger partial charge >= 0.3 is 0 Å². The zero-order valence-corrected chi connectivity index (χ0v) is 12.7. The Morgan fingerprint density at radius 1 is 1.33 bits per heavy atom. The molecule has 0 atom stereocenters. The summed E-state index contributed by atoms with van der Waals surface area (Å²) in [4.78, 5) is 4.76. The van der Waals surface area contributed by atoms with Gasteiger partial charge in [-0.3, -0.25) is 0 Å². The van der Waals surface area contributed by atoms with Crippen LogP contribution in [-0.4, -0.2) is 49.6 Å². The number of benzene rings is 1. The Hall–Kier alpha value is -1.41. The Labute approximate surface area is 126 Å². The van der Waals surface area contributed by atoms with E-state index in [0.29, 0.717) is 6.54 Å². The van der Waals surface area contributed by atoms with Crippen LogP contribution in [0.25, 0.3) is 0 Å². The molecule has 0 spiro atoms. The van der Waals surface area contributed by atoms with Crippen molar-refractivity contribution in [2.24, 2.45) is 5.73 Å². The SMILES string of the molecule is CN(CCN1CCCC1)Cc1ccc(F)cc1C#CCN. The highest BCUT2D eigenvalue weighted by molar-refractivity contribution is 5.41. The second kappa shape index (κ2) is 8.14. The lowest BCUT2D eigenvalue weighted by atomic mass is 10.1. The molecule has 3 nitrogen and oxygen atoms in total. The highest BCUT2D eigenvalue weighted by Crippen LogP contribution is 2.13. The molecule has 1 aromatic rings. The molecule has 1 fully saturated rings. The second-order valence-corrected chi connectivity index (χ2v) is 5.59. The normalized spacial score (nSPS) is 15.2. The summed E-state index contributed by atoms with van der Waals surface area (Å²) in [5.41, 5.74) is 7.20. The van der Waals surface area contributed by atoms with Crippen molar-refractivity contribution in [1.29, 1.82) is 0 Å². The Balaban J connectivity index is 1.94. The Morgan fingerprint density at radius 3 is 2.81 bits per heavy atom. The first-order valence-electron chi connectivity index (χ1n) is 7.57. The zero-order valence-electron chi connectivity index (χ0n) is 12.7. The maximum absolute atomic E-state index is 13.3. The van der Waals surface area contributed by atoms with Gasteiger partial charge in [0.25, 0.3) is 0 Å². The van der Waals surface area contributed by atoms with E-state index in [1.54, 1.807) is 0 Å². The molecule has 0 bridgehead atoms. The van der Waals surface area contributed by atoms with Gasteiger partial charge in [0.2, 0.25) is 0 Å². The molecule has 1 heterocycles. The zero-order chi connectivity index (χ0) is 15.1. The molecule has 1 aromatic carbocycles. The van der Waals surface area contributed by atoms with Crippen LogP contribution >= 0.6 is 0 Å². The van der Waals surface area contributed by atoms with E-state index in [9.17, 15) is 4.39 Å². The van der Waals surface area contributed by atoms with E-state index in [4.69, 9.17) is 5.73 Å². The first kappa shape index (κ1) is 16.0. The minimum atomic E-state index is -0.250. The molecule has 2 N–H and O–H groups in total. The summed E-state index contributed by atoms with van der Waals surface area (Å²) in [6.45, 7) is 5.63. The molecule has 1 aliphatic rings. The van der Waals surface area contributed by atoms with E-state index in [1.165, 1.54) is 38.1 Å².